The molecule has 1 radical (unpaired) electrons. The van der Waals surface area contributed by atoms with Crippen molar-refractivity contribution in [3.05, 3.63) is 41.6 Å². The van der Waals surface area contributed by atoms with Crippen LogP contribution >= 0.6 is 11.3 Å². The van der Waals surface area contributed by atoms with Crippen LogP contribution in [-0.4, -0.2) is 5.91 Å². The number of amides is 1. The van der Waals surface area contributed by atoms with Crippen molar-refractivity contribution in [3.63, 3.8) is 0 Å². The van der Waals surface area contributed by atoms with Crippen LogP contribution in [-0.2, 0) is 0 Å². The maximum atomic E-state index is 10.9. The van der Waals surface area contributed by atoms with E-state index in [1.54, 1.807) is 23.5 Å². The maximum absolute atomic E-state index is 10.9. The molecule has 1 aromatic heterocycles. The van der Waals surface area contributed by atoms with Gasteiger partial charge in [0.15, 0.2) is 0 Å². The van der Waals surface area contributed by atoms with Crippen molar-refractivity contribution < 1.29 is 4.79 Å². The monoisotopic (exact) mass is 190 g/mol. The molecule has 2 rings (SSSR count). The zero-order valence-corrected chi connectivity index (χ0v) is 7.73. The Morgan fingerprint density at radius 2 is 2.23 bits per heavy atom. The predicted molar refractivity (Wildman–Crippen MR) is 54.8 cm³/mol. The third-order valence-corrected chi connectivity index (χ3v) is 2.93. The first-order chi connectivity index (χ1) is 6.18. The third-order valence-electron chi connectivity index (χ3n) is 1.94. The fourth-order valence-electron chi connectivity index (χ4n) is 1.24. The molecule has 1 aromatic carbocycles. The molecule has 0 aliphatic carbocycles. The van der Waals surface area contributed by atoms with Crippen molar-refractivity contribution in [2.75, 3.05) is 0 Å². The molecular formula is C10H8NOS. The smallest absolute Gasteiger partial charge is 0.248 e. The highest BCUT2D eigenvalue weighted by molar-refractivity contribution is 7.17. The molecule has 2 nitrogen and oxygen atoms in total. The highest BCUT2D eigenvalue weighted by Crippen LogP contribution is 2.25. The topological polar surface area (TPSA) is 43.1 Å². The van der Waals surface area contributed by atoms with Gasteiger partial charge in [0.2, 0.25) is 5.91 Å². The van der Waals surface area contributed by atoms with E-state index in [0.29, 0.717) is 5.56 Å². The Hall–Kier alpha value is -1.35. The van der Waals surface area contributed by atoms with Gasteiger partial charge in [-0.05, 0) is 35.4 Å². The zero-order valence-electron chi connectivity index (χ0n) is 6.91. The summed E-state index contributed by atoms with van der Waals surface area (Å²) >= 11 is 1.58. The van der Waals surface area contributed by atoms with Crippen molar-refractivity contribution in [1.29, 1.82) is 0 Å². The molecule has 0 saturated heterocycles. The molecule has 0 atom stereocenters. The van der Waals surface area contributed by atoms with E-state index in [4.69, 9.17) is 5.73 Å². The lowest BCUT2D eigenvalue weighted by molar-refractivity contribution is 0.100. The van der Waals surface area contributed by atoms with Gasteiger partial charge in [-0.15, -0.1) is 11.3 Å². The van der Waals surface area contributed by atoms with Gasteiger partial charge in [0, 0.05) is 10.3 Å². The van der Waals surface area contributed by atoms with Crippen LogP contribution in [0, 0.1) is 6.92 Å². The summed E-state index contributed by atoms with van der Waals surface area (Å²) in [5.74, 6) is -0.388. The minimum absolute atomic E-state index is 0.388. The molecule has 0 saturated carbocycles. The number of hydrogen-bond acceptors (Lipinski definition) is 2. The Labute approximate surface area is 80.0 Å². The third kappa shape index (κ3) is 1.31. The number of carbonyl (C=O) groups excluding carboxylic acids is 1. The van der Waals surface area contributed by atoms with E-state index in [1.807, 2.05) is 11.4 Å². The number of rotatable bonds is 1. The summed E-state index contributed by atoms with van der Waals surface area (Å²) in [6, 6.07) is 5.41. The van der Waals surface area contributed by atoms with Gasteiger partial charge >= 0.3 is 0 Å². The summed E-state index contributed by atoms with van der Waals surface area (Å²) in [7, 11) is 0. The van der Waals surface area contributed by atoms with Gasteiger partial charge < -0.3 is 5.73 Å². The van der Waals surface area contributed by atoms with Gasteiger partial charge in [-0.2, -0.15) is 0 Å². The van der Waals surface area contributed by atoms with E-state index >= 15 is 0 Å². The Balaban J connectivity index is 2.70. The number of benzene rings is 1. The SMILES string of the molecule is [CH2]c1csc2cc(C(N)=O)ccc12. The van der Waals surface area contributed by atoms with E-state index in [-0.39, 0.29) is 5.91 Å². The largest absolute Gasteiger partial charge is 0.366 e. The molecule has 1 heterocycles. The first-order valence-electron chi connectivity index (χ1n) is 3.81. The molecule has 0 unspecified atom stereocenters. The first-order valence-corrected chi connectivity index (χ1v) is 4.69. The van der Waals surface area contributed by atoms with Crippen LogP contribution in [0.15, 0.2) is 23.6 Å². The summed E-state index contributed by atoms with van der Waals surface area (Å²) in [4.78, 5) is 10.9. The Kier molecular flexibility index (Phi) is 1.81. The van der Waals surface area contributed by atoms with Crippen LogP contribution in [0.25, 0.3) is 10.1 Å². The average Bonchev–Trinajstić information content (AvgIpc) is 2.47. The molecule has 0 aliphatic heterocycles. The summed E-state index contributed by atoms with van der Waals surface area (Å²) in [6.07, 6.45) is 0. The molecule has 2 N–H and O–H groups in total. The highest BCUT2D eigenvalue weighted by Gasteiger charge is 2.04. The number of thiophene rings is 1. The molecule has 2 aromatic rings. The second kappa shape index (κ2) is 2.85. The van der Waals surface area contributed by atoms with Crippen LogP contribution in [0.2, 0.25) is 0 Å². The lowest BCUT2D eigenvalue weighted by Gasteiger charge is -1.95. The second-order valence-electron chi connectivity index (χ2n) is 2.84. The van der Waals surface area contributed by atoms with E-state index in [0.717, 1.165) is 15.6 Å². The lowest BCUT2D eigenvalue weighted by atomic mass is 10.1. The minimum Gasteiger partial charge on any atom is -0.366 e. The maximum Gasteiger partial charge on any atom is 0.248 e. The molecule has 0 aliphatic rings. The number of nitrogens with two attached hydrogens (primary N) is 1. The fourth-order valence-corrected chi connectivity index (χ4v) is 2.15. The van der Waals surface area contributed by atoms with Crippen molar-refractivity contribution in [1.82, 2.24) is 0 Å². The normalized spacial score (nSPS) is 10.5. The number of carbonyl (C=O) groups is 1. The quantitative estimate of drug-likeness (QED) is 0.735. The second-order valence-corrected chi connectivity index (χ2v) is 3.75. The molecule has 0 spiro atoms. The molecule has 0 fully saturated rings. The van der Waals surface area contributed by atoms with Gasteiger partial charge in [-0.3, -0.25) is 4.79 Å². The zero-order chi connectivity index (χ0) is 9.42. The molecule has 1 amide bonds. The Bertz CT molecular complexity index is 473. The van der Waals surface area contributed by atoms with Gasteiger partial charge in [-0.25, -0.2) is 0 Å². The molecular weight excluding hydrogens is 182 g/mol. The first kappa shape index (κ1) is 8.26. The van der Waals surface area contributed by atoms with Crippen LogP contribution < -0.4 is 5.73 Å². The van der Waals surface area contributed by atoms with E-state index < -0.39 is 0 Å². The Morgan fingerprint density at radius 3 is 2.92 bits per heavy atom. The number of hydrogen-bond donors (Lipinski definition) is 1. The van der Waals surface area contributed by atoms with Crippen molar-refractivity contribution >= 4 is 27.3 Å². The average molecular weight is 190 g/mol. The van der Waals surface area contributed by atoms with E-state index in [1.165, 1.54) is 0 Å². The summed E-state index contributed by atoms with van der Waals surface area (Å²) < 4.78 is 1.06. The van der Waals surface area contributed by atoms with Crippen molar-refractivity contribution in [2.45, 2.75) is 0 Å². The standard InChI is InChI=1S/C10H8NOS/c1-6-5-13-9-4-7(10(11)12)2-3-8(6)9/h2-5H,1H2,(H2,11,12). The Morgan fingerprint density at radius 1 is 1.46 bits per heavy atom. The molecule has 0 bridgehead atoms. The van der Waals surface area contributed by atoms with Crippen molar-refractivity contribution in [3.8, 4) is 0 Å². The molecule has 65 valence electrons. The van der Waals surface area contributed by atoms with Crippen LogP contribution in [0.3, 0.4) is 0 Å². The lowest BCUT2D eigenvalue weighted by Crippen LogP contribution is -2.10. The van der Waals surface area contributed by atoms with E-state index in [9.17, 15) is 4.79 Å². The van der Waals surface area contributed by atoms with E-state index in [2.05, 4.69) is 6.92 Å². The van der Waals surface area contributed by atoms with Gasteiger partial charge in [0.1, 0.15) is 0 Å². The van der Waals surface area contributed by atoms with Gasteiger partial charge in [0.05, 0.1) is 0 Å². The predicted octanol–water partition coefficient (Wildman–Crippen LogP) is 2.18. The number of fused-ring (bicyclic) bond motifs is 1. The fraction of sp³-hybridized carbons (Fsp3) is 0. The van der Waals surface area contributed by atoms with Crippen LogP contribution in [0.5, 0.6) is 0 Å². The van der Waals surface area contributed by atoms with Gasteiger partial charge in [-0.1, -0.05) is 6.07 Å². The molecule has 3 heteroatoms. The van der Waals surface area contributed by atoms with Crippen molar-refractivity contribution in [2.24, 2.45) is 5.73 Å². The van der Waals surface area contributed by atoms with Crippen LogP contribution in [0.1, 0.15) is 15.9 Å². The highest BCUT2D eigenvalue weighted by atomic mass is 32.1. The summed E-state index contributed by atoms with van der Waals surface area (Å²) in [6.45, 7) is 3.88. The summed E-state index contributed by atoms with van der Waals surface area (Å²) in [5.41, 5.74) is 6.71. The van der Waals surface area contributed by atoms with Gasteiger partial charge in [0.25, 0.3) is 0 Å². The minimum atomic E-state index is -0.388. The summed E-state index contributed by atoms with van der Waals surface area (Å²) in [5, 5.41) is 3.06. The van der Waals surface area contributed by atoms with Crippen LogP contribution in [0.4, 0.5) is 0 Å². The molecule has 13 heavy (non-hydrogen) atoms. The number of primary amides is 1.